The number of carbonyl (C=O) groups is 1. The molecule has 2 heterocycles. The summed E-state index contributed by atoms with van der Waals surface area (Å²) in [6.45, 7) is 1.95. The third-order valence-electron chi connectivity index (χ3n) is 6.25. The highest BCUT2D eigenvalue weighted by atomic mass is 16.1. The van der Waals surface area contributed by atoms with Gasteiger partial charge in [0.05, 0.1) is 0 Å². The zero-order chi connectivity index (χ0) is 16.1. The number of carbonyl (C=O) groups excluding carboxylic acids is 1. The third-order valence-corrected chi connectivity index (χ3v) is 6.25. The van der Waals surface area contributed by atoms with E-state index < -0.39 is 0 Å². The summed E-state index contributed by atoms with van der Waals surface area (Å²) in [4.78, 5) is 14.7. The van der Waals surface area contributed by atoms with E-state index in [4.69, 9.17) is 0 Å². The van der Waals surface area contributed by atoms with Crippen LogP contribution in [-0.4, -0.2) is 49.1 Å². The molecule has 0 radical (unpaired) electrons. The van der Waals surface area contributed by atoms with Crippen molar-refractivity contribution in [3.8, 4) is 0 Å². The smallest absolute Gasteiger partial charge is 0.220 e. The first-order chi connectivity index (χ1) is 11.2. The third kappa shape index (κ3) is 5.18. The van der Waals surface area contributed by atoms with Crippen LogP contribution < -0.4 is 10.6 Å². The fourth-order valence-corrected chi connectivity index (χ4v) is 4.94. The van der Waals surface area contributed by atoms with Crippen LogP contribution in [0.4, 0.5) is 0 Å². The van der Waals surface area contributed by atoms with Gasteiger partial charge in [-0.2, -0.15) is 0 Å². The largest absolute Gasteiger partial charge is 0.356 e. The first-order valence-electron chi connectivity index (χ1n) is 9.93. The second-order valence-corrected chi connectivity index (χ2v) is 8.16. The van der Waals surface area contributed by atoms with E-state index in [-0.39, 0.29) is 5.91 Å². The van der Waals surface area contributed by atoms with Gasteiger partial charge in [0.15, 0.2) is 0 Å². The quantitative estimate of drug-likeness (QED) is 0.709. The summed E-state index contributed by atoms with van der Waals surface area (Å²) in [6, 6.07) is 2.16. The van der Waals surface area contributed by atoms with E-state index in [1.54, 1.807) is 0 Å². The van der Waals surface area contributed by atoms with E-state index in [1.165, 1.54) is 57.8 Å². The average Bonchev–Trinajstić information content (AvgIpc) is 2.91. The lowest BCUT2D eigenvalue weighted by Crippen LogP contribution is -2.40. The normalized spacial score (nSPS) is 31.5. The van der Waals surface area contributed by atoms with Gasteiger partial charge >= 0.3 is 0 Å². The average molecular weight is 322 g/mol. The number of rotatable bonds is 7. The zero-order valence-corrected chi connectivity index (χ0v) is 14.9. The molecule has 2 unspecified atom stereocenters. The van der Waals surface area contributed by atoms with E-state index in [9.17, 15) is 4.79 Å². The standard InChI is InChI=1S/C19H35N3O/c1-22(18-6-3-2-4-7-18)11-5-10-20-19(23)14-15-12-16-8-9-17(13-15)21-16/h15-18,21H,2-14H2,1H3,(H,20,23). The Morgan fingerprint density at radius 2 is 1.78 bits per heavy atom. The second-order valence-electron chi connectivity index (χ2n) is 8.16. The number of nitrogens with one attached hydrogen (secondary N) is 2. The Balaban J connectivity index is 1.26. The molecule has 1 amide bonds. The SMILES string of the molecule is CN(CCCNC(=O)CC1CC2CCC(C1)N2)C1CCCCC1. The molecule has 3 rings (SSSR count). The lowest BCUT2D eigenvalue weighted by molar-refractivity contribution is -0.122. The van der Waals surface area contributed by atoms with Gasteiger partial charge in [0, 0.05) is 31.1 Å². The number of piperidine rings is 1. The molecule has 4 heteroatoms. The molecule has 1 saturated carbocycles. The molecule has 1 aliphatic carbocycles. The van der Waals surface area contributed by atoms with Crippen LogP contribution in [0.15, 0.2) is 0 Å². The molecular weight excluding hydrogens is 286 g/mol. The van der Waals surface area contributed by atoms with E-state index in [2.05, 4.69) is 22.6 Å². The number of hydrogen-bond donors (Lipinski definition) is 2. The van der Waals surface area contributed by atoms with Gasteiger partial charge in [0.2, 0.25) is 5.91 Å². The van der Waals surface area contributed by atoms with Crippen molar-refractivity contribution in [2.24, 2.45) is 5.92 Å². The first kappa shape index (κ1) is 17.2. The minimum absolute atomic E-state index is 0.275. The highest BCUT2D eigenvalue weighted by Gasteiger charge is 2.34. The number of nitrogens with zero attached hydrogens (tertiary/aromatic N) is 1. The maximum Gasteiger partial charge on any atom is 0.220 e. The minimum Gasteiger partial charge on any atom is -0.356 e. The summed E-state index contributed by atoms with van der Waals surface area (Å²) in [5.74, 6) is 0.885. The van der Waals surface area contributed by atoms with Crippen LogP contribution in [0.2, 0.25) is 0 Å². The van der Waals surface area contributed by atoms with E-state index in [1.807, 2.05) is 0 Å². The lowest BCUT2D eigenvalue weighted by atomic mass is 9.89. The van der Waals surface area contributed by atoms with Gasteiger partial charge in [0.25, 0.3) is 0 Å². The van der Waals surface area contributed by atoms with Gasteiger partial charge < -0.3 is 15.5 Å². The molecule has 4 nitrogen and oxygen atoms in total. The maximum absolute atomic E-state index is 12.1. The minimum atomic E-state index is 0.275. The van der Waals surface area contributed by atoms with Gasteiger partial charge in [0.1, 0.15) is 0 Å². The van der Waals surface area contributed by atoms with Crippen molar-refractivity contribution in [2.45, 2.75) is 88.8 Å². The molecular formula is C19H35N3O. The summed E-state index contributed by atoms with van der Waals surface area (Å²) in [6.07, 6.45) is 13.8. The fraction of sp³-hybridized carbons (Fsp3) is 0.947. The Morgan fingerprint density at radius 1 is 1.09 bits per heavy atom. The molecule has 23 heavy (non-hydrogen) atoms. The monoisotopic (exact) mass is 321 g/mol. The molecule has 3 aliphatic rings. The van der Waals surface area contributed by atoms with Crippen molar-refractivity contribution in [3.63, 3.8) is 0 Å². The summed E-state index contributed by atoms with van der Waals surface area (Å²) >= 11 is 0. The molecule has 0 aromatic carbocycles. The highest BCUT2D eigenvalue weighted by molar-refractivity contribution is 5.76. The van der Waals surface area contributed by atoms with Gasteiger partial charge in [-0.05, 0) is 64.5 Å². The molecule has 0 spiro atoms. The van der Waals surface area contributed by atoms with Crippen LogP contribution in [0.1, 0.15) is 70.6 Å². The Kier molecular flexibility index (Phi) is 6.35. The topological polar surface area (TPSA) is 44.4 Å². The summed E-state index contributed by atoms with van der Waals surface area (Å²) in [7, 11) is 2.25. The molecule has 2 saturated heterocycles. The second kappa shape index (κ2) is 8.48. The Labute approximate surface area is 141 Å². The van der Waals surface area contributed by atoms with Crippen LogP contribution in [0.25, 0.3) is 0 Å². The summed E-state index contributed by atoms with van der Waals surface area (Å²) in [5.41, 5.74) is 0. The molecule has 2 bridgehead atoms. The van der Waals surface area contributed by atoms with Crippen molar-refractivity contribution >= 4 is 5.91 Å². The van der Waals surface area contributed by atoms with Crippen molar-refractivity contribution in [1.29, 1.82) is 0 Å². The number of amides is 1. The first-order valence-corrected chi connectivity index (χ1v) is 9.93. The van der Waals surface area contributed by atoms with Crippen molar-refractivity contribution < 1.29 is 4.79 Å². The van der Waals surface area contributed by atoms with Gasteiger partial charge in [-0.1, -0.05) is 19.3 Å². The molecule has 2 N–H and O–H groups in total. The summed E-state index contributed by atoms with van der Waals surface area (Å²) in [5, 5.41) is 6.80. The van der Waals surface area contributed by atoms with E-state index in [0.29, 0.717) is 18.0 Å². The highest BCUT2D eigenvalue weighted by Crippen LogP contribution is 2.32. The van der Waals surface area contributed by atoms with Crippen LogP contribution in [0.3, 0.4) is 0 Å². The van der Waals surface area contributed by atoms with Gasteiger partial charge in [-0.3, -0.25) is 4.79 Å². The summed E-state index contributed by atoms with van der Waals surface area (Å²) < 4.78 is 0. The van der Waals surface area contributed by atoms with Crippen LogP contribution in [-0.2, 0) is 4.79 Å². The molecule has 2 aliphatic heterocycles. The van der Waals surface area contributed by atoms with Crippen molar-refractivity contribution in [3.05, 3.63) is 0 Å². The van der Waals surface area contributed by atoms with Gasteiger partial charge in [-0.15, -0.1) is 0 Å². The zero-order valence-electron chi connectivity index (χ0n) is 14.9. The van der Waals surface area contributed by atoms with E-state index >= 15 is 0 Å². The molecule has 3 fully saturated rings. The number of fused-ring (bicyclic) bond motifs is 2. The Morgan fingerprint density at radius 3 is 2.48 bits per heavy atom. The lowest BCUT2D eigenvalue weighted by Gasteiger charge is -2.31. The van der Waals surface area contributed by atoms with Crippen molar-refractivity contribution in [1.82, 2.24) is 15.5 Å². The Bertz CT molecular complexity index is 369. The van der Waals surface area contributed by atoms with Crippen LogP contribution in [0.5, 0.6) is 0 Å². The van der Waals surface area contributed by atoms with Crippen LogP contribution >= 0.6 is 0 Å². The Hall–Kier alpha value is -0.610. The molecule has 0 aromatic rings. The van der Waals surface area contributed by atoms with Crippen LogP contribution in [0, 0.1) is 5.92 Å². The number of hydrogen-bond acceptors (Lipinski definition) is 3. The van der Waals surface area contributed by atoms with E-state index in [0.717, 1.165) is 32.0 Å². The van der Waals surface area contributed by atoms with Crippen molar-refractivity contribution in [2.75, 3.05) is 20.1 Å². The fourth-order valence-electron chi connectivity index (χ4n) is 4.94. The predicted octanol–water partition coefficient (Wildman–Crippen LogP) is 2.68. The van der Waals surface area contributed by atoms with Gasteiger partial charge in [-0.25, -0.2) is 0 Å². The predicted molar refractivity (Wildman–Crippen MR) is 94.4 cm³/mol. The maximum atomic E-state index is 12.1. The molecule has 2 atom stereocenters. The molecule has 0 aromatic heterocycles. The molecule has 132 valence electrons.